The van der Waals surface area contributed by atoms with E-state index in [1.807, 2.05) is 6.07 Å². The van der Waals surface area contributed by atoms with E-state index >= 15 is 0 Å². The summed E-state index contributed by atoms with van der Waals surface area (Å²) >= 11 is 0. The van der Waals surface area contributed by atoms with E-state index < -0.39 is 0 Å². The van der Waals surface area contributed by atoms with Gasteiger partial charge >= 0.3 is 0 Å². The number of nitrogens with zero attached hydrogens (tertiary/aromatic N) is 2. The van der Waals surface area contributed by atoms with Gasteiger partial charge in [-0.3, -0.25) is 4.99 Å². The lowest BCUT2D eigenvalue weighted by atomic mass is 9.88. The number of aliphatic imine (C=N–C) groups is 1. The first-order valence-electron chi connectivity index (χ1n) is 8.87. The predicted molar refractivity (Wildman–Crippen MR) is 100 cm³/mol. The maximum Gasteiger partial charge on any atom is 0.213 e. The van der Waals surface area contributed by atoms with Crippen molar-refractivity contribution in [1.82, 2.24) is 4.98 Å². The lowest BCUT2D eigenvalue weighted by Gasteiger charge is -2.17. The molecular formula is C21H24N2O. The number of methoxy groups -OCH3 is 1. The number of hydrogen-bond donors (Lipinski definition) is 0. The summed E-state index contributed by atoms with van der Waals surface area (Å²) in [4.78, 5) is 9.34. The summed E-state index contributed by atoms with van der Waals surface area (Å²) < 4.78 is 5.35. The van der Waals surface area contributed by atoms with Crippen molar-refractivity contribution in [2.45, 2.75) is 45.4 Å². The third-order valence-electron chi connectivity index (χ3n) is 5.45. The second-order valence-corrected chi connectivity index (χ2v) is 7.02. The van der Waals surface area contributed by atoms with E-state index in [0.29, 0.717) is 11.8 Å². The van der Waals surface area contributed by atoms with Gasteiger partial charge in [-0.25, -0.2) is 4.98 Å². The van der Waals surface area contributed by atoms with Gasteiger partial charge in [0, 0.05) is 22.7 Å². The lowest BCUT2D eigenvalue weighted by molar-refractivity contribution is 0.399. The van der Waals surface area contributed by atoms with Crippen LogP contribution in [-0.4, -0.2) is 24.4 Å². The number of allylic oxidation sites excluding steroid dienone is 1. The minimum atomic E-state index is 0.655. The molecule has 1 aliphatic heterocycles. The zero-order valence-corrected chi connectivity index (χ0v) is 14.7. The number of hydrogen-bond acceptors (Lipinski definition) is 3. The van der Waals surface area contributed by atoms with Crippen molar-refractivity contribution >= 4 is 22.2 Å². The molecule has 0 N–H and O–H groups in total. The molecule has 0 spiro atoms. The molecule has 4 rings (SSSR count). The standard InChI is InChI=1S/C21H24N2O/c1-13-12-22-14(2)21(13)16-10-18(15-6-4-5-7-15)17-8-9-20(24-3)23-19(17)11-16/h8-11,15H,4-7,12H2,1-3H3. The third kappa shape index (κ3) is 2.52. The van der Waals surface area contributed by atoms with Crippen LogP contribution in [0.5, 0.6) is 5.88 Å². The Hall–Kier alpha value is -2.16. The van der Waals surface area contributed by atoms with Gasteiger partial charge in [-0.15, -0.1) is 0 Å². The van der Waals surface area contributed by atoms with Crippen LogP contribution in [-0.2, 0) is 0 Å². The Bertz CT molecular complexity index is 858. The van der Waals surface area contributed by atoms with Gasteiger partial charge in [-0.05, 0) is 61.4 Å². The molecule has 0 unspecified atom stereocenters. The first kappa shape index (κ1) is 15.4. The van der Waals surface area contributed by atoms with Gasteiger partial charge < -0.3 is 4.74 Å². The molecule has 1 aromatic carbocycles. The van der Waals surface area contributed by atoms with Crippen LogP contribution in [0, 0.1) is 0 Å². The van der Waals surface area contributed by atoms with Crippen LogP contribution in [0.4, 0.5) is 0 Å². The average molecular weight is 320 g/mol. The fraction of sp³-hybridized carbons (Fsp3) is 0.429. The zero-order chi connectivity index (χ0) is 16.7. The van der Waals surface area contributed by atoms with Gasteiger partial charge in [0.1, 0.15) is 0 Å². The molecule has 1 saturated carbocycles. The van der Waals surface area contributed by atoms with Crippen molar-refractivity contribution in [1.29, 1.82) is 0 Å². The van der Waals surface area contributed by atoms with Gasteiger partial charge in [0.05, 0.1) is 19.2 Å². The SMILES string of the molecule is COc1ccc2c(C3CCCC3)cc(C3=C(C)CN=C3C)cc2n1. The Morgan fingerprint density at radius 2 is 1.88 bits per heavy atom. The Kier molecular flexibility index (Phi) is 3.87. The van der Waals surface area contributed by atoms with Gasteiger partial charge in [-0.2, -0.15) is 0 Å². The van der Waals surface area contributed by atoms with Crippen molar-refractivity contribution in [2.75, 3.05) is 13.7 Å². The largest absolute Gasteiger partial charge is 0.481 e. The molecule has 0 bridgehead atoms. The Morgan fingerprint density at radius 1 is 1.08 bits per heavy atom. The van der Waals surface area contributed by atoms with Gasteiger partial charge in [0.25, 0.3) is 0 Å². The van der Waals surface area contributed by atoms with Crippen LogP contribution >= 0.6 is 0 Å². The minimum absolute atomic E-state index is 0.655. The van der Waals surface area contributed by atoms with E-state index in [2.05, 4.69) is 37.0 Å². The second kappa shape index (κ2) is 6.04. The van der Waals surface area contributed by atoms with Crippen molar-refractivity contribution < 1.29 is 4.74 Å². The lowest BCUT2D eigenvalue weighted by Crippen LogP contribution is -2.01. The number of rotatable bonds is 3. The van der Waals surface area contributed by atoms with Crippen LogP contribution in [0.2, 0.25) is 0 Å². The number of ether oxygens (including phenoxy) is 1. The van der Waals surface area contributed by atoms with Crippen LogP contribution < -0.4 is 4.74 Å². The van der Waals surface area contributed by atoms with E-state index in [1.165, 1.54) is 53.3 Å². The minimum Gasteiger partial charge on any atom is -0.481 e. The maximum absolute atomic E-state index is 5.35. The van der Waals surface area contributed by atoms with Crippen LogP contribution in [0.1, 0.15) is 56.6 Å². The highest BCUT2D eigenvalue weighted by Crippen LogP contribution is 2.40. The molecule has 3 heteroatoms. The highest BCUT2D eigenvalue weighted by Gasteiger charge is 2.23. The van der Waals surface area contributed by atoms with Crippen molar-refractivity contribution in [2.24, 2.45) is 4.99 Å². The maximum atomic E-state index is 5.35. The molecule has 0 amide bonds. The molecule has 2 heterocycles. The highest BCUT2D eigenvalue weighted by atomic mass is 16.5. The van der Waals surface area contributed by atoms with E-state index in [4.69, 9.17) is 9.72 Å². The van der Waals surface area contributed by atoms with Crippen molar-refractivity contribution in [3.8, 4) is 5.88 Å². The summed E-state index contributed by atoms with van der Waals surface area (Å²) in [5, 5.41) is 1.28. The molecule has 0 atom stereocenters. The first-order valence-corrected chi connectivity index (χ1v) is 8.87. The molecule has 124 valence electrons. The fourth-order valence-electron chi connectivity index (χ4n) is 4.24. The molecule has 1 aromatic heterocycles. The normalized spacial score (nSPS) is 18.5. The number of fused-ring (bicyclic) bond motifs is 1. The molecule has 1 aliphatic carbocycles. The van der Waals surface area contributed by atoms with Crippen LogP contribution in [0.15, 0.2) is 34.8 Å². The Morgan fingerprint density at radius 3 is 2.54 bits per heavy atom. The summed E-state index contributed by atoms with van der Waals surface area (Å²) in [7, 11) is 1.68. The molecule has 24 heavy (non-hydrogen) atoms. The molecule has 3 nitrogen and oxygen atoms in total. The fourth-order valence-corrected chi connectivity index (χ4v) is 4.24. The second-order valence-electron chi connectivity index (χ2n) is 7.02. The first-order chi connectivity index (χ1) is 11.7. The van der Waals surface area contributed by atoms with E-state index in [0.717, 1.165) is 17.8 Å². The van der Waals surface area contributed by atoms with Gasteiger partial charge in [0.15, 0.2) is 0 Å². The predicted octanol–water partition coefficient (Wildman–Crippen LogP) is 5.15. The molecular weight excluding hydrogens is 296 g/mol. The Labute approximate surface area is 143 Å². The summed E-state index contributed by atoms with van der Waals surface area (Å²) in [5.74, 6) is 1.33. The molecule has 0 saturated heterocycles. The molecule has 2 aromatic rings. The van der Waals surface area contributed by atoms with E-state index in [9.17, 15) is 0 Å². The topological polar surface area (TPSA) is 34.5 Å². The van der Waals surface area contributed by atoms with E-state index in [1.54, 1.807) is 7.11 Å². The summed E-state index contributed by atoms with van der Waals surface area (Å²) in [6, 6.07) is 8.76. The van der Waals surface area contributed by atoms with Crippen molar-refractivity contribution in [3.05, 3.63) is 41.0 Å². The smallest absolute Gasteiger partial charge is 0.213 e. The molecule has 0 radical (unpaired) electrons. The summed E-state index contributed by atoms with van der Waals surface area (Å²) in [5.41, 5.74) is 7.56. The highest BCUT2D eigenvalue weighted by molar-refractivity contribution is 6.25. The quantitative estimate of drug-likeness (QED) is 0.784. The Balaban J connectivity index is 1.94. The number of benzene rings is 1. The molecule has 1 fully saturated rings. The summed E-state index contributed by atoms with van der Waals surface area (Å²) in [6.45, 7) is 5.13. The van der Waals surface area contributed by atoms with Crippen LogP contribution in [0.3, 0.4) is 0 Å². The third-order valence-corrected chi connectivity index (χ3v) is 5.45. The van der Waals surface area contributed by atoms with Crippen molar-refractivity contribution in [3.63, 3.8) is 0 Å². The zero-order valence-electron chi connectivity index (χ0n) is 14.7. The van der Waals surface area contributed by atoms with Gasteiger partial charge in [-0.1, -0.05) is 18.9 Å². The average Bonchev–Trinajstić information content (AvgIpc) is 3.23. The summed E-state index contributed by atoms with van der Waals surface area (Å²) in [6.07, 6.45) is 5.25. The monoisotopic (exact) mass is 320 g/mol. The molecule has 2 aliphatic rings. The number of aromatic nitrogens is 1. The number of pyridine rings is 1. The van der Waals surface area contributed by atoms with E-state index in [-0.39, 0.29) is 0 Å². The van der Waals surface area contributed by atoms with Crippen LogP contribution in [0.25, 0.3) is 16.5 Å². The van der Waals surface area contributed by atoms with Gasteiger partial charge in [0.2, 0.25) is 5.88 Å².